The zero-order chi connectivity index (χ0) is 13.3. The first kappa shape index (κ1) is 12.3. The molecule has 18 heavy (non-hydrogen) atoms. The van der Waals surface area contributed by atoms with Gasteiger partial charge in [-0.25, -0.2) is 4.98 Å². The van der Waals surface area contributed by atoms with Crippen molar-refractivity contribution in [1.82, 2.24) is 25.7 Å². The van der Waals surface area contributed by atoms with Crippen molar-refractivity contribution in [3.05, 3.63) is 28.7 Å². The van der Waals surface area contributed by atoms with Crippen LogP contribution in [0.2, 0.25) is 0 Å². The molecule has 2 heterocycles. The second-order valence-electron chi connectivity index (χ2n) is 4.18. The fourth-order valence-electron chi connectivity index (χ4n) is 1.89. The molecule has 1 atom stereocenters. The van der Waals surface area contributed by atoms with Crippen molar-refractivity contribution in [3.8, 4) is 0 Å². The molecule has 0 aromatic carbocycles. The average molecular weight is 249 g/mol. The quantitative estimate of drug-likeness (QED) is 0.852. The van der Waals surface area contributed by atoms with Crippen LogP contribution in [0.25, 0.3) is 0 Å². The molecule has 0 aliphatic rings. The molecule has 0 radical (unpaired) electrons. The summed E-state index contributed by atoms with van der Waals surface area (Å²) >= 11 is 0. The van der Waals surface area contributed by atoms with Gasteiger partial charge in [0.15, 0.2) is 0 Å². The molecule has 1 unspecified atom stereocenters. The lowest BCUT2D eigenvalue weighted by Gasteiger charge is -2.11. The second-order valence-corrected chi connectivity index (χ2v) is 4.18. The van der Waals surface area contributed by atoms with Gasteiger partial charge in [0.1, 0.15) is 11.6 Å². The van der Waals surface area contributed by atoms with Crippen LogP contribution < -0.4 is 5.32 Å². The van der Waals surface area contributed by atoms with Crippen LogP contribution in [0.4, 0.5) is 0 Å². The molecule has 1 amide bonds. The van der Waals surface area contributed by atoms with Gasteiger partial charge < -0.3 is 9.84 Å². The first-order chi connectivity index (χ1) is 8.49. The van der Waals surface area contributed by atoms with Gasteiger partial charge in [-0.15, -0.1) is 5.10 Å². The first-order valence-electron chi connectivity index (χ1n) is 5.61. The summed E-state index contributed by atoms with van der Waals surface area (Å²) in [6.45, 7) is 7.26. The molecule has 96 valence electrons. The highest BCUT2D eigenvalue weighted by atomic mass is 16.5. The minimum Gasteiger partial charge on any atom is -0.361 e. The molecular formula is C11H15N5O2. The summed E-state index contributed by atoms with van der Waals surface area (Å²) < 4.78 is 5.07. The molecule has 0 fully saturated rings. The third-order valence-corrected chi connectivity index (χ3v) is 2.67. The predicted octanol–water partition coefficient (Wildman–Crippen LogP) is 1.21. The average Bonchev–Trinajstić information content (AvgIpc) is 2.85. The predicted molar refractivity (Wildman–Crippen MR) is 63.0 cm³/mol. The Hall–Kier alpha value is -2.18. The highest BCUT2D eigenvalue weighted by Crippen LogP contribution is 2.20. The van der Waals surface area contributed by atoms with Crippen LogP contribution in [-0.4, -0.2) is 26.2 Å². The van der Waals surface area contributed by atoms with Gasteiger partial charge in [-0.2, -0.15) is 0 Å². The Morgan fingerprint density at radius 2 is 2.11 bits per heavy atom. The van der Waals surface area contributed by atoms with E-state index in [9.17, 15) is 4.79 Å². The number of aryl methyl sites for hydroxylation is 3. The maximum Gasteiger partial charge on any atom is 0.291 e. The van der Waals surface area contributed by atoms with Crippen molar-refractivity contribution in [2.75, 3.05) is 0 Å². The van der Waals surface area contributed by atoms with Gasteiger partial charge in [0.05, 0.1) is 11.7 Å². The van der Waals surface area contributed by atoms with E-state index in [0.29, 0.717) is 11.6 Å². The number of rotatable bonds is 3. The molecular weight excluding hydrogens is 234 g/mol. The molecule has 0 aliphatic carbocycles. The van der Waals surface area contributed by atoms with E-state index in [4.69, 9.17) is 4.52 Å². The number of carbonyl (C=O) groups excluding carboxylic acids is 1. The Morgan fingerprint density at radius 1 is 1.39 bits per heavy atom. The lowest BCUT2D eigenvalue weighted by atomic mass is 10.1. The monoisotopic (exact) mass is 249 g/mol. The van der Waals surface area contributed by atoms with Crippen LogP contribution in [0.3, 0.4) is 0 Å². The summed E-state index contributed by atoms with van der Waals surface area (Å²) in [4.78, 5) is 15.9. The molecule has 7 heteroatoms. The maximum absolute atomic E-state index is 11.9. The number of nitrogens with zero attached hydrogens (tertiary/aromatic N) is 3. The van der Waals surface area contributed by atoms with Crippen molar-refractivity contribution in [3.63, 3.8) is 0 Å². The van der Waals surface area contributed by atoms with E-state index in [1.54, 1.807) is 6.92 Å². The highest BCUT2D eigenvalue weighted by molar-refractivity contribution is 5.90. The summed E-state index contributed by atoms with van der Waals surface area (Å²) in [5.41, 5.74) is 1.65. The lowest BCUT2D eigenvalue weighted by Crippen LogP contribution is -2.28. The minimum atomic E-state index is -0.327. The summed E-state index contributed by atoms with van der Waals surface area (Å²) in [7, 11) is 0. The Kier molecular flexibility index (Phi) is 3.14. The summed E-state index contributed by atoms with van der Waals surface area (Å²) in [6, 6.07) is -0.206. The maximum atomic E-state index is 11.9. The zero-order valence-electron chi connectivity index (χ0n) is 10.7. The molecule has 0 saturated carbocycles. The molecule has 2 aromatic rings. The van der Waals surface area contributed by atoms with E-state index < -0.39 is 0 Å². The number of aromatic amines is 1. The van der Waals surface area contributed by atoms with E-state index in [2.05, 4.69) is 25.7 Å². The Balaban J connectivity index is 2.13. The second kappa shape index (κ2) is 4.59. The number of H-pyrrole nitrogens is 1. The fourth-order valence-corrected chi connectivity index (χ4v) is 1.89. The van der Waals surface area contributed by atoms with Gasteiger partial charge >= 0.3 is 0 Å². The van der Waals surface area contributed by atoms with Gasteiger partial charge in [-0.3, -0.25) is 9.89 Å². The normalized spacial score (nSPS) is 12.4. The number of amides is 1. The van der Waals surface area contributed by atoms with Crippen LogP contribution in [0.5, 0.6) is 0 Å². The van der Waals surface area contributed by atoms with Gasteiger partial charge in [-0.05, 0) is 27.7 Å². The van der Waals surface area contributed by atoms with Gasteiger partial charge in [-0.1, -0.05) is 5.16 Å². The molecule has 0 bridgehead atoms. The van der Waals surface area contributed by atoms with Crippen molar-refractivity contribution in [2.45, 2.75) is 33.7 Å². The minimum absolute atomic E-state index is 0.131. The van der Waals surface area contributed by atoms with E-state index >= 15 is 0 Å². The van der Waals surface area contributed by atoms with Crippen molar-refractivity contribution in [2.24, 2.45) is 0 Å². The van der Waals surface area contributed by atoms with Crippen LogP contribution >= 0.6 is 0 Å². The van der Waals surface area contributed by atoms with Crippen LogP contribution in [0.1, 0.15) is 46.4 Å². The van der Waals surface area contributed by atoms with Crippen molar-refractivity contribution < 1.29 is 9.32 Å². The third kappa shape index (κ3) is 2.24. The van der Waals surface area contributed by atoms with Gasteiger partial charge in [0.2, 0.25) is 5.82 Å². The Morgan fingerprint density at radius 3 is 2.61 bits per heavy atom. The molecule has 2 rings (SSSR count). The molecule has 7 nitrogen and oxygen atoms in total. The molecule has 0 spiro atoms. The topological polar surface area (TPSA) is 96.7 Å². The number of hydrogen-bond donors (Lipinski definition) is 2. The van der Waals surface area contributed by atoms with Crippen molar-refractivity contribution >= 4 is 5.91 Å². The smallest absolute Gasteiger partial charge is 0.291 e. The number of nitrogens with one attached hydrogen (secondary N) is 2. The lowest BCUT2D eigenvalue weighted by molar-refractivity contribution is 0.0929. The fraction of sp³-hybridized carbons (Fsp3) is 0.455. The third-order valence-electron chi connectivity index (χ3n) is 2.67. The highest BCUT2D eigenvalue weighted by Gasteiger charge is 2.20. The van der Waals surface area contributed by atoms with Gasteiger partial charge in [0.25, 0.3) is 5.91 Å². The van der Waals surface area contributed by atoms with E-state index in [0.717, 1.165) is 11.3 Å². The number of aromatic nitrogens is 4. The van der Waals surface area contributed by atoms with E-state index in [-0.39, 0.29) is 17.8 Å². The zero-order valence-corrected chi connectivity index (χ0v) is 10.7. The largest absolute Gasteiger partial charge is 0.361 e. The van der Waals surface area contributed by atoms with Crippen molar-refractivity contribution in [1.29, 1.82) is 0 Å². The van der Waals surface area contributed by atoms with Crippen LogP contribution in [0, 0.1) is 20.8 Å². The SMILES string of the molecule is Cc1nc(C(=O)NC(C)c2c(C)noc2C)n[nH]1. The summed E-state index contributed by atoms with van der Waals surface area (Å²) in [5, 5.41) is 13.1. The van der Waals surface area contributed by atoms with Crippen LogP contribution in [-0.2, 0) is 0 Å². The first-order valence-corrected chi connectivity index (χ1v) is 5.61. The molecule has 0 saturated heterocycles. The summed E-state index contributed by atoms with van der Waals surface area (Å²) in [5.74, 6) is 1.11. The Labute approximate surface area is 104 Å². The van der Waals surface area contributed by atoms with E-state index in [1.807, 2.05) is 20.8 Å². The molecule has 2 aromatic heterocycles. The molecule has 2 N–H and O–H groups in total. The van der Waals surface area contributed by atoms with Crippen LogP contribution in [0.15, 0.2) is 4.52 Å². The standard InChI is InChI=1S/C11H15N5O2/c1-5(9-6(2)16-18-7(9)3)12-11(17)10-13-8(4)14-15-10/h5H,1-4H3,(H,12,17)(H,13,14,15). The van der Waals surface area contributed by atoms with E-state index in [1.165, 1.54) is 0 Å². The number of carbonyl (C=O) groups is 1. The molecule has 0 aliphatic heterocycles. The number of hydrogen-bond acceptors (Lipinski definition) is 5. The Bertz CT molecular complexity index is 552. The summed E-state index contributed by atoms with van der Waals surface area (Å²) in [6.07, 6.45) is 0. The van der Waals surface area contributed by atoms with Gasteiger partial charge in [0, 0.05) is 5.56 Å².